The second-order valence-electron chi connectivity index (χ2n) is 5.72. The quantitative estimate of drug-likeness (QED) is 0.910. The Bertz CT molecular complexity index is 396. The Hall–Kier alpha value is -0.350. The van der Waals surface area contributed by atoms with E-state index in [1.165, 1.54) is 19.3 Å². The Balaban J connectivity index is 2.26. The molecule has 1 unspecified atom stereocenters. The molecule has 0 spiro atoms. The fourth-order valence-electron chi connectivity index (χ4n) is 3.00. The highest BCUT2D eigenvalue weighted by atomic mass is 79.9. The molecule has 1 atom stereocenters. The third kappa shape index (κ3) is 2.64. The van der Waals surface area contributed by atoms with Crippen LogP contribution in [0.15, 0.2) is 10.7 Å². The number of hydrogen-bond acceptors (Lipinski definition) is 2. The SMILES string of the molecule is CCCn1ncc(Br)c1C(O)C1(C)CCCCC1. The van der Waals surface area contributed by atoms with Gasteiger partial charge in [-0.25, -0.2) is 0 Å². The van der Waals surface area contributed by atoms with Gasteiger partial charge in [-0.05, 0) is 40.6 Å². The summed E-state index contributed by atoms with van der Waals surface area (Å²) in [6.07, 6.45) is 8.40. The summed E-state index contributed by atoms with van der Waals surface area (Å²) in [4.78, 5) is 0. The molecule has 18 heavy (non-hydrogen) atoms. The van der Waals surface area contributed by atoms with E-state index in [2.05, 4.69) is 34.9 Å². The first kappa shape index (κ1) is 14.1. The highest BCUT2D eigenvalue weighted by Crippen LogP contribution is 2.46. The van der Waals surface area contributed by atoms with Gasteiger partial charge in [0, 0.05) is 6.54 Å². The second-order valence-corrected chi connectivity index (χ2v) is 6.57. The summed E-state index contributed by atoms with van der Waals surface area (Å²) >= 11 is 3.54. The largest absolute Gasteiger partial charge is 0.386 e. The normalized spacial score (nSPS) is 20.9. The highest BCUT2D eigenvalue weighted by Gasteiger charge is 2.37. The lowest BCUT2D eigenvalue weighted by Crippen LogP contribution is -2.30. The van der Waals surface area contributed by atoms with Gasteiger partial charge < -0.3 is 5.11 Å². The minimum absolute atomic E-state index is 0.00624. The molecule has 1 aliphatic rings. The average Bonchev–Trinajstić information content (AvgIpc) is 2.71. The van der Waals surface area contributed by atoms with Crippen molar-refractivity contribution in [1.82, 2.24) is 9.78 Å². The van der Waals surface area contributed by atoms with E-state index in [1.54, 1.807) is 6.20 Å². The molecule has 1 saturated carbocycles. The lowest BCUT2D eigenvalue weighted by molar-refractivity contribution is 0.00158. The standard InChI is InChI=1S/C14H23BrN2O/c1-3-9-17-12(11(15)10-16-17)13(18)14(2)7-5-4-6-8-14/h10,13,18H,3-9H2,1-2H3. The van der Waals surface area contributed by atoms with Gasteiger partial charge in [0.05, 0.1) is 16.4 Å². The van der Waals surface area contributed by atoms with Crippen molar-refractivity contribution >= 4 is 15.9 Å². The number of hydrogen-bond donors (Lipinski definition) is 1. The van der Waals surface area contributed by atoms with E-state index in [-0.39, 0.29) is 5.41 Å². The maximum Gasteiger partial charge on any atom is 0.102 e. The molecule has 1 aromatic heterocycles. The van der Waals surface area contributed by atoms with Crippen LogP contribution < -0.4 is 0 Å². The zero-order valence-corrected chi connectivity index (χ0v) is 12.9. The van der Waals surface area contributed by atoms with Gasteiger partial charge in [0.2, 0.25) is 0 Å². The zero-order chi connectivity index (χ0) is 13.2. The van der Waals surface area contributed by atoms with Crippen molar-refractivity contribution in [2.75, 3.05) is 0 Å². The van der Waals surface area contributed by atoms with E-state index >= 15 is 0 Å². The number of aromatic nitrogens is 2. The Morgan fingerprint density at radius 2 is 2.11 bits per heavy atom. The third-order valence-corrected chi connectivity index (χ3v) is 4.79. The van der Waals surface area contributed by atoms with Crippen LogP contribution in [-0.4, -0.2) is 14.9 Å². The van der Waals surface area contributed by atoms with Crippen molar-refractivity contribution < 1.29 is 5.11 Å². The van der Waals surface area contributed by atoms with Crippen LogP contribution in [0.2, 0.25) is 0 Å². The number of aliphatic hydroxyl groups excluding tert-OH is 1. The zero-order valence-electron chi connectivity index (χ0n) is 11.3. The maximum absolute atomic E-state index is 10.8. The van der Waals surface area contributed by atoms with Crippen LogP contribution in [0, 0.1) is 5.41 Å². The molecule has 0 amide bonds. The topological polar surface area (TPSA) is 38.0 Å². The van der Waals surface area contributed by atoms with Gasteiger partial charge in [-0.1, -0.05) is 33.1 Å². The molecule has 0 radical (unpaired) electrons. The van der Waals surface area contributed by atoms with Crippen LogP contribution in [0.1, 0.15) is 64.2 Å². The molecule has 1 fully saturated rings. The van der Waals surface area contributed by atoms with E-state index in [1.807, 2.05) is 4.68 Å². The van der Waals surface area contributed by atoms with E-state index < -0.39 is 6.10 Å². The number of halogens is 1. The van der Waals surface area contributed by atoms with Crippen LogP contribution in [0.3, 0.4) is 0 Å². The summed E-state index contributed by atoms with van der Waals surface area (Å²) < 4.78 is 2.89. The summed E-state index contributed by atoms with van der Waals surface area (Å²) in [5, 5.41) is 15.2. The van der Waals surface area contributed by atoms with Crippen molar-refractivity contribution in [3.05, 3.63) is 16.4 Å². The van der Waals surface area contributed by atoms with E-state index in [0.717, 1.165) is 36.0 Å². The van der Waals surface area contributed by atoms with Gasteiger partial charge in [0.25, 0.3) is 0 Å². The van der Waals surface area contributed by atoms with Gasteiger partial charge in [0.1, 0.15) is 6.10 Å². The maximum atomic E-state index is 10.8. The second kappa shape index (κ2) is 5.74. The van der Waals surface area contributed by atoms with E-state index in [4.69, 9.17) is 0 Å². The monoisotopic (exact) mass is 314 g/mol. The average molecular weight is 315 g/mol. The Morgan fingerprint density at radius 1 is 1.44 bits per heavy atom. The summed E-state index contributed by atoms with van der Waals surface area (Å²) in [7, 11) is 0. The molecule has 102 valence electrons. The molecule has 1 aromatic rings. The van der Waals surface area contributed by atoms with Gasteiger partial charge in [-0.3, -0.25) is 4.68 Å². The Kier molecular flexibility index (Phi) is 4.49. The van der Waals surface area contributed by atoms with Gasteiger partial charge >= 0.3 is 0 Å². The molecule has 0 saturated heterocycles. The molecule has 2 rings (SSSR count). The number of aryl methyl sites for hydroxylation is 1. The molecule has 4 heteroatoms. The number of nitrogens with zero attached hydrogens (tertiary/aromatic N) is 2. The first-order valence-corrected chi connectivity index (χ1v) is 7.77. The molecular weight excluding hydrogens is 292 g/mol. The fraction of sp³-hybridized carbons (Fsp3) is 0.786. The third-order valence-electron chi connectivity index (χ3n) is 4.18. The Morgan fingerprint density at radius 3 is 2.72 bits per heavy atom. The van der Waals surface area contributed by atoms with E-state index in [9.17, 15) is 5.11 Å². The molecule has 1 aliphatic carbocycles. The fourth-order valence-corrected chi connectivity index (χ4v) is 3.51. The van der Waals surface area contributed by atoms with Gasteiger partial charge in [-0.15, -0.1) is 0 Å². The first-order valence-electron chi connectivity index (χ1n) is 6.98. The van der Waals surface area contributed by atoms with Crippen molar-refractivity contribution in [1.29, 1.82) is 0 Å². The molecule has 0 aliphatic heterocycles. The van der Waals surface area contributed by atoms with Crippen LogP contribution in [0.25, 0.3) is 0 Å². The lowest BCUT2D eigenvalue weighted by atomic mass is 9.71. The van der Waals surface area contributed by atoms with Crippen molar-refractivity contribution in [2.45, 2.75) is 65.0 Å². The summed E-state index contributed by atoms with van der Waals surface area (Å²) in [6, 6.07) is 0. The minimum Gasteiger partial charge on any atom is -0.386 e. The highest BCUT2D eigenvalue weighted by molar-refractivity contribution is 9.10. The molecule has 1 N–H and O–H groups in total. The number of rotatable bonds is 4. The van der Waals surface area contributed by atoms with Gasteiger partial charge in [0.15, 0.2) is 0 Å². The van der Waals surface area contributed by atoms with Crippen LogP contribution in [0.4, 0.5) is 0 Å². The predicted molar refractivity (Wildman–Crippen MR) is 76.4 cm³/mol. The van der Waals surface area contributed by atoms with Crippen LogP contribution in [0.5, 0.6) is 0 Å². The van der Waals surface area contributed by atoms with Crippen molar-refractivity contribution in [3.8, 4) is 0 Å². The van der Waals surface area contributed by atoms with Crippen molar-refractivity contribution in [3.63, 3.8) is 0 Å². The van der Waals surface area contributed by atoms with Crippen LogP contribution in [-0.2, 0) is 6.54 Å². The summed E-state index contributed by atoms with van der Waals surface area (Å²) in [5.41, 5.74) is 0.966. The van der Waals surface area contributed by atoms with Gasteiger partial charge in [-0.2, -0.15) is 5.10 Å². The molecule has 3 nitrogen and oxygen atoms in total. The predicted octanol–water partition coefficient (Wildman–Crippen LogP) is 4.06. The first-order chi connectivity index (χ1) is 8.58. The summed E-state index contributed by atoms with van der Waals surface area (Å²) in [6.45, 7) is 5.22. The lowest BCUT2D eigenvalue weighted by Gasteiger charge is -2.38. The minimum atomic E-state index is -0.416. The smallest absolute Gasteiger partial charge is 0.102 e. The Labute approximate surface area is 118 Å². The van der Waals surface area contributed by atoms with Crippen LogP contribution >= 0.6 is 15.9 Å². The molecule has 0 bridgehead atoms. The number of aliphatic hydroxyl groups is 1. The summed E-state index contributed by atoms with van der Waals surface area (Å²) in [5.74, 6) is 0. The van der Waals surface area contributed by atoms with Crippen molar-refractivity contribution in [2.24, 2.45) is 5.41 Å². The molecule has 0 aromatic carbocycles. The molecular formula is C14H23BrN2O. The molecule has 1 heterocycles. The van der Waals surface area contributed by atoms with E-state index in [0.29, 0.717) is 0 Å².